The maximum atomic E-state index is 13.6. The van der Waals surface area contributed by atoms with E-state index < -0.39 is 10.0 Å². The summed E-state index contributed by atoms with van der Waals surface area (Å²) in [5.74, 6) is 0.508. The molecule has 8 nitrogen and oxygen atoms in total. The van der Waals surface area contributed by atoms with Crippen LogP contribution in [-0.2, 0) is 19.6 Å². The molecule has 2 heterocycles. The number of sulfonamides is 1. The van der Waals surface area contributed by atoms with Crippen LogP contribution in [0.2, 0.25) is 5.02 Å². The molecule has 0 radical (unpaired) electrons. The summed E-state index contributed by atoms with van der Waals surface area (Å²) in [6, 6.07) is 10.9. The topological polar surface area (TPSA) is 85.4 Å². The Morgan fingerprint density at radius 3 is 2.43 bits per heavy atom. The van der Waals surface area contributed by atoms with Gasteiger partial charge in [-0.15, -0.1) is 0 Å². The summed E-state index contributed by atoms with van der Waals surface area (Å²) >= 11 is 6.30. The van der Waals surface area contributed by atoms with Gasteiger partial charge in [-0.05, 0) is 24.3 Å². The van der Waals surface area contributed by atoms with E-state index in [1.54, 1.807) is 35.2 Å². The average Bonchev–Trinajstić information content (AvgIpc) is 2.78. The highest BCUT2D eigenvalue weighted by molar-refractivity contribution is 7.92. The molecule has 0 unspecified atom stereocenters. The average molecular weight is 453 g/mol. The van der Waals surface area contributed by atoms with Crippen LogP contribution in [0.4, 0.5) is 5.69 Å². The van der Waals surface area contributed by atoms with Gasteiger partial charge in [0.15, 0.2) is 11.5 Å². The molecule has 4 rings (SSSR count). The fraction of sp³-hybridized carbons (Fsp3) is 0.350. The maximum Gasteiger partial charge on any atom is 0.264 e. The fourth-order valence-corrected chi connectivity index (χ4v) is 5.04. The number of anilines is 1. The molecule has 1 fully saturated rings. The van der Waals surface area contributed by atoms with E-state index in [0.29, 0.717) is 51.0 Å². The molecule has 160 valence electrons. The summed E-state index contributed by atoms with van der Waals surface area (Å²) in [4.78, 5) is 14.5. The van der Waals surface area contributed by atoms with Crippen molar-refractivity contribution >= 4 is 33.2 Å². The Labute approximate surface area is 179 Å². The minimum atomic E-state index is -4.11. The second kappa shape index (κ2) is 8.71. The van der Waals surface area contributed by atoms with E-state index in [2.05, 4.69) is 0 Å². The molecule has 2 aromatic rings. The van der Waals surface area contributed by atoms with Gasteiger partial charge in [0.05, 0.1) is 28.8 Å². The summed E-state index contributed by atoms with van der Waals surface area (Å²) in [5.41, 5.74) is 0.232. The number of rotatable bonds is 5. The number of halogens is 1. The number of nitrogens with zero attached hydrogens (tertiary/aromatic N) is 2. The lowest BCUT2D eigenvalue weighted by molar-refractivity contribution is -0.133. The number of hydrogen-bond donors (Lipinski definition) is 0. The quantitative estimate of drug-likeness (QED) is 0.691. The summed E-state index contributed by atoms with van der Waals surface area (Å²) < 4.78 is 44.4. The predicted octanol–water partition coefficient (Wildman–Crippen LogP) is 2.17. The molecule has 0 aliphatic carbocycles. The molecule has 1 saturated heterocycles. The zero-order valence-corrected chi connectivity index (χ0v) is 17.7. The molecule has 0 bridgehead atoms. The number of morpholine rings is 1. The van der Waals surface area contributed by atoms with Crippen molar-refractivity contribution in [2.75, 3.05) is 50.4 Å². The van der Waals surface area contributed by atoms with Crippen LogP contribution in [0.5, 0.6) is 11.5 Å². The molecule has 10 heteroatoms. The first-order valence-electron chi connectivity index (χ1n) is 9.49. The molecule has 0 aromatic heterocycles. The fourth-order valence-electron chi connectivity index (χ4n) is 3.30. The molecule has 0 atom stereocenters. The van der Waals surface area contributed by atoms with Crippen LogP contribution in [0.1, 0.15) is 0 Å². The van der Waals surface area contributed by atoms with Crippen LogP contribution in [0.3, 0.4) is 0 Å². The number of para-hydroxylation sites is 1. The molecular weight excluding hydrogens is 432 g/mol. The molecular formula is C20H21ClN2O6S. The Morgan fingerprint density at radius 1 is 1.00 bits per heavy atom. The number of benzene rings is 2. The predicted molar refractivity (Wildman–Crippen MR) is 111 cm³/mol. The molecule has 0 saturated carbocycles. The molecule has 1 amide bonds. The maximum absolute atomic E-state index is 13.6. The van der Waals surface area contributed by atoms with Crippen LogP contribution < -0.4 is 13.8 Å². The van der Waals surface area contributed by atoms with Crippen LogP contribution in [0.25, 0.3) is 0 Å². The third-order valence-electron chi connectivity index (χ3n) is 4.87. The van der Waals surface area contributed by atoms with Crippen LogP contribution >= 0.6 is 11.6 Å². The number of carbonyl (C=O) groups is 1. The molecule has 2 aliphatic heterocycles. The number of ether oxygens (including phenoxy) is 3. The van der Waals surface area contributed by atoms with Gasteiger partial charge in [0.2, 0.25) is 5.91 Å². The van der Waals surface area contributed by atoms with Crippen LogP contribution in [0, 0.1) is 0 Å². The second-order valence-corrected chi connectivity index (χ2v) is 9.03. The highest BCUT2D eigenvalue weighted by atomic mass is 35.5. The van der Waals surface area contributed by atoms with E-state index in [0.717, 1.165) is 4.31 Å². The Bertz CT molecular complexity index is 1040. The Hall–Kier alpha value is -2.49. The molecule has 0 N–H and O–H groups in total. The van der Waals surface area contributed by atoms with Crippen molar-refractivity contribution < 1.29 is 27.4 Å². The lowest BCUT2D eigenvalue weighted by atomic mass is 10.3. The van der Waals surface area contributed by atoms with Gasteiger partial charge in [0, 0.05) is 19.2 Å². The van der Waals surface area contributed by atoms with E-state index in [1.165, 1.54) is 12.1 Å². The highest BCUT2D eigenvalue weighted by Crippen LogP contribution is 2.35. The van der Waals surface area contributed by atoms with Crippen molar-refractivity contribution in [2.45, 2.75) is 4.90 Å². The zero-order valence-electron chi connectivity index (χ0n) is 16.1. The normalized spacial score (nSPS) is 16.2. The van der Waals surface area contributed by atoms with Crippen molar-refractivity contribution in [3.63, 3.8) is 0 Å². The van der Waals surface area contributed by atoms with E-state index in [1.807, 2.05) is 0 Å². The minimum absolute atomic E-state index is 0.0125. The number of hydrogen-bond acceptors (Lipinski definition) is 6. The van der Waals surface area contributed by atoms with Crippen molar-refractivity contribution in [1.29, 1.82) is 0 Å². The highest BCUT2D eigenvalue weighted by Gasteiger charge is 2.31. The van der Waals surface area contributed by atoms with Gasteiger partial charge in [-0.1, -0.05) is 23.7 Å². The largest absolute Gasteiger partial charge is 0.486 e. The molecule has 2 aliphatic rings. The van der Waals surface area contributed by atoms with Gasteiger partial charge < -0.3 is 19.1 Å². The second-order valence-electron chi connectivity index (χ2n) is 6.76. The van der Waals surface area contributed by atoms with E-state index in [4.69, 9.17) is 25.8 Å². The summed E-state index contributed by atoms with van der Waals surface area (Å²) in [6.07, 6.45) is 0. The number of carbonyl (C=O) groups excluding carboxylic acids is 1. The minimum Gasteiger partial charge on any atom is -0.486 e. The first-order chi connectivity index (χ1) is 14.5. The molecule has 2 aromatic carbocycles. The summed E-state index contributed by atoms with van der Waals surface area (Å²) in [6.45, 7) is 2.04. The van der Waals surface area contributed by atoms with Crippen molar-refractivity contribution in [3.8, 4) is 11.5 Å². The molecule has 30 heavy (non-hydrogen) atoms. The Kier molecular flexibility index (Phi) is 6.03. The Balaban J connectivity index is 1.71. The lowest BCUT2D eigenvalue weighted by Gasteiger charge is -2.31. The smallest absolute Gasteiger partial charge is 0.264 e. The van der Waals surface area contributed by atoms with E-state index in [-0.39, 0.29) is 28.1 Å². The lowest BCUT2D eigenvalue weighted by Crippen LogP contribution is -2.47. The first-order valence-corrected chi connectivity index (χ1v) is 11.3. The Morgan fingerprint density at radius 2 is 1.70 bits per heavy atom. The monoisotopic (exact) mass is 452 g/mol. The van der Waals surface area contributed by atoms with Crippen LogP contribution in [0.15, 0.2) is 47.4 Å². The molecule has 0 spiro atoms. The van der Waals surface area contributed by atoms with Gasteiger partial charge >= 0.3 is 0 Å². The van der Waals surface area contributed by atoms with Gasteiger partial charge in [0.1, 0.15) is 19.8 Å². The van der Waals surface area contributed by atoms with E-state index in [9.17, 15) is 13.2 Å². The standard InChI is InChI=1S/C20H21ClN2O6S/c21-16-3-1-2-4-17(16)23(14-20(24)22-7-9-27-10-8-22)30(25,26)15-5-6-18-19(13-15)29-12-11-28-18/h1-6,13H,7-12,14H2. The van der Waals surface area contributed by atoms with Crippen molar-refractivity contribution in [3.05, 3.63) is 47.5 Å². The number of amides is 1. The van der Waals surface area contributed by atoms with Gasteiger partial charge in [-0.2, -0.15) is 0 Å². The zero-order chi connectivity index (χ0) is 21.1. The van der Waals surface area contributed by atoms with Gasteiger partial charge in [-0.3, -0.25) is 9.10 Å². The summed E-state index contributed by atoms with van der Waals surface area (Å²) in [7, 11) is -4.11. The number of fused-ring (bicyclic) bond motifs is 1. The first kappa shape index (κ1) is 20.8. The van der Waals surface area contributed by atoms with Crippen LogP contribution in [-0.4, -0.2) is 65.3 Å². The van der Waals surface area contributed by atoms with Crippen molar-refractivity contribution in [2.24, 2.45) is 0 Å². The third kappa shape index (κ3) is 4.19. The van der Waals surface area contributed by atoms with Gasteiger partial charge in [0.25, 0.3) is 10.0 Å². The summed E-state index contributed by atoms with van der Waals surface area (Å²) in [5, 5.41) is 0.230. The third-order valence-corrected chi connectivity index (χ3v) is 6.94. The van der Waals surface area contributed by atoms with Crippen molar-refractivity contribution in [1.82, 2.24) is 4.90 Å². The SMILES string of the molecule is O=C(CN(c1ccccc1Cl)S(=O)(=O)c1ccc2c(c1)OCCO2)N1CCOCC1. The van der Waals surface area contributed by atoms with E-state index >= 15 is 0 Å². The van der Waals surface area contributed by atoms with Gasteiger partial charge in [-0.25, -0.2) is 8.42 Å².